The number of pyridine rings is 1. The van der Waals surface area contributed by atoms with Crippen molar-refractivity contribution in [2.75, 3.05) is 12.4 Å². The number of anilines is 1. The Balaban J connectivity index is 2.30. The van der Waals surface area contributed by atoms with E-state index in [1.54, 1.807) is 19.3 Å². The van der Waals surface area contributed by atoms with Crippen molar-refractivity contribution in [1.82, 2.24) is 9.71 Å². The topological polar surface area (TPSA) is 71.1 Å². The Morgan fingerprint density at radius 1 is 1.50 bits per heavy atom. The van der Waals surface area contributed by atoms with Gasteiger partial charge < -0.3 is 5.32 Å². The van der Waals surface area contributed by atoms with Gasteiger partial charge in [-0.2, -0.15) is 0 Å². The summed E-state index contributed by atoms with van der Waals surface area (Å²) in [4.78, 5) is 4.23. The average Bonchev–Trinajstić information content (AvgIpc) is 3.12. The highest BCUT2D eigenvalue weighted by Gasteiger charge is 2.32. The maximum atomic E-state index is 12.3. The number of nitrogens with one attached hydrogen (secondary N) is 2. The Hall–Kier alpha value is -0.660. The number of nitrogens with zero attached hydrogens (tertiary/aromatic N) is 1. The lowest BCUT2D eigenvalue weighted by molar-refractivity contribution is 0.538. The Morgan fingerprint density at radius 3 is 2.72 bits per heavy atom. The van der Waals surface area contributed by atoms with Crippen LogP contribution >= 0.6 is 15.9 Å². The molecule has 1 aromatic heterocycles. The number of sulfonamides is 1. The Kier molecular flexibility index (Phi) is 3.93. The van der Waals surface area contributed by atoms with E-state index >= 15 is 0 Å². The van der Waals surface area contributed by atoms with Gasteiger partial charge in [0, 0.05) is 23.8 Å². The normalized spacial score (nSPS) is 17.5. The second-order valence-corrected chi connectivity index (χ2v) is 7.10. The van der Waals surface area contributed by atoms with Crippen LogP contribution in [0.3, 0.4) is 0 Å². The maximum Gasteiger partial charge on any atom is 0.244 e. The molecule has 2 rings (SSSR count). The smallest absolute Gasteiger partial charge is 0.244 e. The summed E-state index contributed by atoms with van der Waals surface area (Å²) in [5.41, 5.74) is 0. The molecule has 0 aromatic carbocycles. The fraction of sp³-hybridized carbons (Fsp3) is 0.545. The molecule has 0 spiro atoms. The Bertz CT molecular complexity index is 543. The van der Waals surface area contributed by atoms with E-state index < -0.39 is 10.0 Å². The molecule has 1 atom stereocenters. The molecular weight excluding hydrogens is 318 g/mol. The van der Waals surface area contributed by atoms with Gasteiger partial charge in [0.2, 0.25) is 10.0 Å². The lowest BCUT2D eigenvalue weighted by Gasteiger charge is -2.15. The molecule has 1 aliphatic rings. The number of hydrogen-bond donors (Lipinski definition) is 2. The molecule has 0 bridgehead atoms. The van der Waals surface area contributed by atoms with Crippen molar-refractivity contribution < 1.29 is 8.42 Å². The summed E-state index contributed by atoms with van der Waals surface area (Å²) in [6.45, 7) is 1.90. The highest BCUT2D eigenvalue weighted by molar-refractivity contribution is 9.10. The van der Waals surface area contributed by atoms with Crippen LogP contribution in [-0.2, 0) is 10.0 Å². The molecule has 0 radical (unpaired) electrons. The van der Waals surface area contributed by atoms with Crippen LogP contribution < -0.4 is 10.0 Å². The van der Waals surface area contributed by atoms with Crippen LogP contribution in [0.25, 0.3) is 0 Å². The van der Waals surface area contributed by atoms with E-state index in [1.807, 2.05) is 6.92 Å². The molecule has 1 unspecified atom stereocenters. The van der Waals surface area contributed by atoms with Crippen molar-refractivity contribution in [3.05, 3.63) is 16.7 Å². The molecule has 1 saturated carbocycles. The second kappa shape index (κ2) is 5.14. The van der Waals surface area contributed by atoms with Crippen LogP contribution in [0.1, 0.15) is 19.8 Å². The zero-order chi connectivity index (χ0) is 13.3. The zero-order valence-corrected chi connectivity index (χ0v) is 12.7. The lowest BCUT2D eigenvalue weighted by Crippen LogP contribution is -2.34. The molecular formula is C11H16BrN3O2S. The van der Waals surface area contributed by atoms with Gasteiger partial charge in [0.25, 0.3) is 0 Å². The first-order chi connectivity index (χ1) is 8.44. The van der Waals surface area contributed by atoms with Gasteiger partial charge in [0.15, 0.2) is 0 Å². The van der Waals surface area contributed by atoms with E-state index in [4.69, 9.17) is 0 Å². The van der Waals surface area contributed by atoms with Gasteiger partial charge in [-0.05, 0) is 47.7 Å². The van der Waals surface area contributed by atoms with E-state index in [9.17, 15) is 8.42 Å². The van der Waals surface area contributed by atoms with Gasteiger partial charge >= 0.3 is 0 Å². The SMILES string of the molecule is CNc1ncc(Br)cc1S(=O)(=O)NC(C)C1CC1. The third-order valence-corrected chi connectivity index (χ3v) is 5.02. The highest BCUT2D eigenvalue weighted by atomic mass is 79.9. The predicted molar refractivity (Wildman–Crippen MR) is 74.0 cm³/mol. The van der Waals surface area contributed by atoms with Gasteiger partial charge in [-0.1, -0.05) is 0 Å². The summed E-state index contributed by atoms with van der Waals surface area (Å²) in [6, 6.07) is 1.53. The summed E-state index contributed by atoms with van der Waals surface area (Å²) in [6.07, 6.45) is 3.76. The van der Waals surface area contributed by atoms with E-state index in [-0.39, 0.29) is 10.9 Å². The van der Waals surface area contributed by atoms with Crippen LogP contribution in [0.15, 0.2) is 21.6 Å². The summed E-state index contributed by atoms with van der Waals surface area (Å²) >= 11 is 3.24. The van der Waals surface area contributed by atoms with Gasteiger partial charge in [0.05, 0.1) is 0 Å². The minimum Gasteiger partial charge on any atom is -0.372 e. The van der Waals surface area contributed by atoms with Crippen molar-refractivity contribution in [1.29, 1.82) is 0 Å². The molecule has 0 saturated heterocycles. The standard InChI is InChI=1S/C11H16BrN3O2S/c1-7(8-3-4-8)15-18(16,17)10-5-9(12)6-14-11(10)13-2/h5-8,15H,3-4H2,1-2H3,(H,13,14). The Morgan fingerprint density at radius 2 is 2.17 bits per heavy atom. The summed E-state index contributed by atoms with van der Waals surface area (Å²) in [5.74, 6) is 0.826. The number of halogens is 1. The van der Waals surface area contributed by atoms with Crippen LogP contribution in [0.2, 0.25) is 0 Å². The highest BCUT2D eigenvalue weighted by Crippen LogP contribution is 2.33. The van der Waals surface area contributed by atoms with Crippen LogP contribution in [0.4, 0.5) is 5.82 Å². The van der Waals surface area contributed by atoms with Gasteiger partial charge in [-0.25, -0.2) is 18.1 Å². The molecule has 2 N–H and O–H groups in total. The van der Waals surface area contributed by atoms with Crippen molar-refractivity contribution >= 4 is 31.8 Å². The lowest BCUT2D eigenvalue weighted by atomic mass is 10.2. The molecule has 0 amide bonds. The average molecular weight is 334 g/mol. The molecule has 1 heterocycles. The first-order valence-electron chi connectivity index (χ1n) is 5.79. The Labute approximate surface area is 116 Å². The molecule has 100 valence electrons. The van der Waals surface area contributed by atoms with Crippen molar-refractivity contribution in [2.45, 2.75) is 30.7 Å². The summed E-state index contributed by atoms with van der Waals surface area (Å²) in [7, 11) is -1.88. The third kappa shape index (κ3) is 3.02. The van der Waals surface area contributed by atoms with Gasteiger partial charge in [-0.3, -0.25) is 0 Å². The maximum absolute atomic E-state index is 12.3. The number of aromatic nitrogens is 1. The van der Waals surface area contributed by atoms with Crippen LogP contribution in [0.5, 0.6) is 0 Å². The van der Waals surface area contributed by atoms with Gasteiger partial charge in [-0.15, -0.1) is 0 Å². The molecule has 0 aliphatic heterocycles. The van der Waals surface area contributed by atoms with Crippen molar-refractivity contribution in [3.63, 3.8) is 0 Å². The van der Waals surface area contributed by atoms with Crippen LogP contribution in [0, 0.1) is 5.92 Å². The molecule has 5 nitrogen and oxygen atoms in total. The largest absolute Gasteiger partial charge is 0.372 e. The zero-order valence-electron chi connectivity index (χ0n) is 10.3. The van der Waals surface area contributed by atoms with E-state index in [0.29, 0.717) is 16.2 Å². The first kappa shape index (κ1) is 13.8. The fourth-order valence-corrected chi connectivity index (χ4v) is 3.80. The fourth-order valence-electron chi connectivity index (χ4n) is 1.81. The van der Waals surface area contributed by atoms with Gasteiger partial charge in [0.1, 0.15) is 10.7 Å². The monoisotopic (exact) mass is 333 g/mol. The minimum absolute atomic E-state index is 0.0290. The molecule has 1 fully saturated rings. The minimum atomic E-state index is -3.53. The first-order valence-corrected chi connectivity index (χ1v) is 8.07. The van der Waals surface area contributed by atoms with E-state index in [1.165, 1.54) is 0 Å². The molecule has 1 aromatic rings. The second-order valence-electron chi connectivity index (χ2n) is 4.50. The number of hydrogen-bond acceptors (Lipinski definition) is 4. The quantitative estimate of drug-likeness (QED) is 0.864. The summed E-state index contributed by atoms with van der Waals surface area (Å²) < 4.78 is 27.9. The van der Waals surface area contributed by atoms with Crippen molar-refractivity contribution in [2.24, 2.45) is 5.92 Å². The van der Waals surface area contributed by atoms with Crippen LogP contribution in [-0.4, -0.2) is 26.5 Å². The molecule has 7 heteroatoms. The van der Waals surface area contributed by atoms with E-state index in [2.05, 4.69) is 31.0 Å². The number of rotatable bonds is 5. The van der Waals surface area contributed by atoms with Crippen molar-refractivity contribution in [3.8, 4) is 0 Å². The molecule has 1 aliphatic carbocycles. The third-order valence-electron chi connectivity index (χ3n) is 3.02. The van der Waals surface area contributed by atoms with E-state index in [0.717, 1.165) is 12.8 Å². The predicted octanol–water partition coefficient (Wildman–Crippen LogP) is 1.96. The summed E-state index contributed by atoms with van der Waals surface area (Å²) in [5, 5.41) is 2.80. The molecule has 18 heavy (non-hydrogen) atoms.